The van der Waals surface area contributed by atoms with Crippen molar-refractivity contribution < 1.29 is 22.7 Å². The number of nitrogens with zero attached hydrogens (tertiary/aromatic N) is 1. The lowest BCUT2D eigenvalue weighted by Crippen LogP contribution is -2.42. The van der Waals surface area contributed by atoms with E-state index in [2.05, 4.69) is 5.32 Å². The van der Waals surface area contributed by atoms with E-state index in [-0.39, 0.29) is 16.7 Å². The summed E-state index contributed by atoms with van der Waals surface area (Å²) >= 11 is 6.03. The fourth-order valence-corrected chi connectivity index (χ4v) is 5.36. The van der Waals surface area contributed by atoms with Gasteiger partial charge in [0.05, 0.1) is 30.8 Å². The van der Waals surface area contributed by atoms with Crippen molar-refractivity contribution in [3.63, 3.8) is 0 Å². The van der Waals surface area contributed by atoms with Crippen molar-refractivity contribution in [3.8, 4) is 11.5 Å². The van der Waals surface area contributed by atoms with Gasteiger partial charge in [-0.05, 0) is 73.4 Å². The molecule has 0 aliphatic heterocycles. The summed E-state index contributed by atoms with van der Waals surface area (Å²) in [5.41, 5.74) is 3.56. The highest BCUT2D eigenvalue weighted by molar-refractivity contribution is 7.92. The van der Waals surface area contributed by atoms with E-state index in [9.17, 15) is 13.2 Å². The zero-order valence-electron chi connectivity index (χ0n) is 21.0. The Hall–Kier alpha value is -3.23. The van der Waals surface area contributed by atoms with Crippen LogP contribution in [0.1, 0.15) is 36.1 Å². The van der Waals surface area contributed by atoms with E-state index in [0.717, 1.165) is 21.0 Å². The third-order valence-corrected chi connectivity index (χ3v) is 8.04. The number of methoxy groups -OCH3 is 2. The Morgan fingerprint density at radius 2 is 1.61 bits per heavy atom. The van der Waals surface area contributed by atoms with Crippen LogP contribution in [0, 0.1) is 13.8 Å². The van der Waals surface area contributed by atoms with Crippen LogP contribution in [0.25, 0.3) is 0 Å². The van der Waals surface area contributed by atoms with Gasteiger partial charge in [0.2, 0.25) is 5.91 Å². The number of anilines is 1. The molecule has 0 saturated carbocycles. The summed E-state index contributed by atoms with van der Waals surface area (Å²) in [6, 6.07) is 16.4. The van der Waals surface area contributed by atoms with E-state index >= 15 is 0 Å². The van der Waals surface area contributed by atoms with E-state index in [1.165, 1.54) is 32.4 Å². The largest absolute Gasteiger partial charge is 0.493 e. The zero-order valence-corrected chi connectivity index (χ0v) is 22.6. The molecule has 1 amide bonds. The van der Waals surface area contributed by atoms with Crippen molar-refractivity contribution in [3.05, 3.63) is 82.4 Å². The molecule has 0 fully saturated rings. The molecule has 0 heterocycles. The first kappa shape index (κ1) is 27.4. The van der Waals surface area contributed by atoms with Gasteiger partial charge in [-0.15, -0.1) is 0 Å². The highest BCUT2D eigenvalue weighted by atomic mass is 35.5. The lowest BCUT2D eigenvalue weighted by Gasteiger charge is -2.26. The fraction of sp³-hybridized carbons (Fsp3) is 0.296. The number of sulfonamides is 1. The van der Waals surface area contributed by atoms with E-state index in [4.69, 9.17) is 21.1 Å². The summed E-state index contributed by atoms with van der Waals surface area (Å²) in [6.07, 6.45) is 0.650. The minimum Gasteiger partial charge on any atom is -0.493 e. The smallest absolute Gasteiger partial charge is 0.264 e. The second-order valence-electron chi connectivity index (χ2n) is 8.38. The maximum Gasteiger partial charge on any atom is 0.264 e. The predicted octanol–water partition coefficient (Wildman–Crippen LogP) is 5.44. The monoisotopic (exact) mass is 530 g/mol. The van der Waals surface area contributed by atoms with Crippen molar-refractivity contribution in [1.29, 1.82) is 0 Å². The molecule has 7 nitrogen and oxygen atoms in total. The summed E-state index contributed by atoms with van der Waals surface area (Å²) in [4.78, 5) is 13.2. The lowest BCUT2D eigenvalue weighted by atomic mass is 9.99. The number of rotatable bonds is 10. The van der Waals surface area contributed by atoms with Gasteiger partial charge in [-0.1, -0.05) is 36.7 Å². The first-order valence-electron chi connectivity index (χ1n) is 11.5. The number of aryl methyl sites for hydroxylation is 2. The highest BCUT2D eigenvalue weighted by Gasteiger charge is 2.29. The molecule has 0 saturated heterocycles. The number of halogens is 1. The standard InChI is InChI=1S/C27H31ClN2O5S/c1-6-24(20-8-7-18(2)19(3)15-20)29-27(31)17-30(22-11-9-21(28)10-12-22)36(32,33)23-13-14-25(34-4)26(16-23)35-5/h7-16,24H,6,17H2,1-5H3,(H,29,31). The molecule has 36 heavy (non-hydrogen) atoms. The molecule has 1 N–H and O–H groups in total. The van der Waals surface area contributed by atoms with E-state index in [0.29, 0.717) is 22.9 Å². The fourth-order valence-electron chi connectivity index (χ4n) is 3.80. The van der Waals surface area contributed by atoms with Crippen molar-refractivity contribution in [2.75, 3.05) is 25.1 Å². The lowest BCUT2D eigenvalue weighted by molar-refractivity contribution is -0.120. The summed E-state index contributed by atoms with van der Waals surface area (Å²) < 4.78 is 39.1. The van der Waals surface area contributed by atoms with Crippen molar-refractivity contribution in [2.24, 2.45) is 0 Å². The van der Waals surface area contributed by atoms with Crippen molar-refractivity contribution in [1.82, 2.24) is 5.32 Å². The summed E-state index contributed by atoms with van der Waals surface area (Å²) in [5.74, 6) is 0.227. The summed E-state index contributed by atoms with van der Waals surface area (Å²) in [6.45, 7) is 5.60. The van der Waals surface area contributed by atoms with E-state index in [1.54, 1.807) is 24.3 Å². The number of amides is 1. The first-order chi connectivity index (χ1) is 17.1. The van der Waals surface area contributed by atoms with Gasteiger partial charge < -0.3 is 14.8 Å². The molecule has 1 atom stereocenters. The minimum absolute atomic E-state index is 0.0379. The molecule has 0 spiro atoms. The SMILES string of the molecule is CCC(NC(=O)CN(c1ccc(Cl)cc1)S(=O)(=O)c1ccc(OC)c(OC)c1)c1ccc(C)c(C)c1. The Balaban J connectivity index is 1.95. The molecule has 0 radical (unpaired) electrons. The van der Waals surface area contributed by atoms with Crippen LogP contribution in [0.4, 0.5) is 5.69 Å². The van der Waals surface area contributed by atoms with Gasteiger partial charge in [-0.25, -0.2) is 8.42 Å². The number of benzene rings is 3. The maximum absolute atomic E-state index is 13.7. The topological polar surface area (TPSA) is 84.9 Å². The molecule has 0 bridgehead atoms. The molecule has 3 aromatic carbocycles. The zero-order chi connectivity index (χ0) is 26.5. The molecular formula is C27H31ClN2O5S. The third kappa shape index (κ3) is 6.12. The summed E-state index contributed by atoms with van der Waals surface area (Å²) in [5, 5.41) is 3.44. The van der Waals surface area contributed by atoms with Gasteiger partial charge in [0.25, 0.3) is 10.0 Å². The Morgan fingerprint density at radius 3 is 2.19 bits per heavy atom. The number of carbonyl (C=O) groups is 1. The molecule has 192 valence electrons. The third-order valence-electron chi connectivity index (χ3n) is 6.02. The average Bonchev–Trinajstić information content (AvgIpc) is 2.87. The quantitative estimate of drug-likeness (QED) is 0.377. The van der Waals surface area contributed by atoms with Gasteiger partial charge in [-0.2, -0.15) is 0 Å². The van der Waals surface area contributed by atoms with Gasteiger partial charge in [-0.3, -0.25) is 9.10 Å². The number of carbonyl (C=O) groups excluding carboxylic acids is 1. The van der Waals surface area contributed by atoms with Crippen LogP contribution in [0.15, 0.2) is 65.6 Å². The van der Waals surface area contributed by atoms with Gasteiger partial charge in [0, 0.05) is 11.1 Å². The van der Waals surface area contributed by atoms with Crippen LogP contribution in [-0.4, -0.2) is 35.1 Å². The molecule has 0 aliphatic rings. The van der Waals surface area contributed by atoms with Gasteiger partial charge >= 0.3 is 0 Å². The van der Waals surface area contributed by atoms with Gasteiger partial charge in [0.15, 0.2) is 11.5 Å². The van der Waals surface area contributed by atoms with Crippen LogP contribution in [0.5, 0.6) is 11.5 Å². The van der Waals surface area contributed by atoms with Crippen molar-refractivity contribution >= 4 is 33.2 Å². The van der Waals surface area contributed by atoms with E-state index in [1.807, 2.05) is 39.0 Å². The normalized spacial score (nSPS) is 12.1. The Bertz CT molecular complexity index is 1330. The number of hydrogen-bond acceptors (Lipinski definition) is 5. The van der Waals surface area contributed by atoms with Crippen LogP contribution >= 0.6 is 11.6 Å². The second kappa shape index (κ2) is 11.7. The maximum atomic E-state index is 13.7. The summed E-state index contributed by atoms with van der Waals surface area (Å²) in [7, 11) is -1.25. The number of hydrogen-bond donors (Lipinski definition) is 1. The van der Waals surface area contributed by atoms with E-state index < -0.39 is 22.5 Å². The molecule has 0 aromatic heterocycles. The molecule has 0 aliphatic carbocycles. The first-order valence-corrected chi connectivity index (χ1v) is 13.3. The second-order valence-corrected chi connectivity index (χ2v) is 10.7. The van der Waals surface area contributed by atoms with Crippen LogP contribution in [-0.2, 0) is 14.8 Å². The Kier molecular flexibility index (Phi) is 8.87. The molecule has 3 aromatic rings. The number of ether oxygens (including phenoxy) is 2. The van der Waals surface area contributed by atoms with Crippen molar-refractivity contribution in [2.45, 2.75) is 38.1 Å². The molecule has 1 unspecified atom stereocenters. The van der Waals surface area contributed by atoms with Gasteiger partial charge in [0.1, 0.15) is 6.54 Å². The Labute approximate surface area is 218 Å². The average molecular weight is 531 g/mol. The molecule has 9 heteroatoms. The van der Waals surface area contributed by atoms with Crippen LogP contribution in [0.2, 0.25) is 5.02 Å². The van der Waals surface area contributed by atoms with Crippen LogP contribution in [0.3, 0.4) is 0 Å². The molecular weight excluding hydrogens is 500 g/mol. The highest BCUT2D eigenvalue weighted by Crippen LogP contribution is 2.32. The number of nitrogens with one attached hydrogen (secondary N) is 1. The minimum atomic E-state index is -4.15. The Morgan fingerprint density at radius 1 is 0.944 bits per heavy atom. The predicted molar refractivity (Wildman–Crippen MR) is 143 cm³/mol. The van der Waals surface area contributed by atoms with Crippen LogP contribution < -0.4 is 19.1 Å². The molecule has 3 rings (SSSR count).